The number of methoxy groups -OCH3 is 1. The summed E-state index contributed by atoms with van der Waals surface area (Å²) in [7, 11) is 1.62. The van der Waals surface area contributed by atoms with Crippen molar-refractivity contribution in [3.05, 3.63) is 69.0 Å². The van der Waals surface area contributed by atoms with Crippen LogP contribution in [0.15, 0.2) is 57.9 Å². The quantitative estimate of drug-likeness (QED) is 0.328. The molecule has 0 bridgehead atoms. The number of nitrogens with zero attached hydrogens (tertiary/aromatic N) is 2. The number of rotatable bonds is 6. The van der Waals surface area contributed by atoms with Crippen molar-refractivity contribution in [2.75, 3.05) is 25.2 Å². The van der Waals surface area contributed by atoms with E-state index in [1.165, 1.54) is 11.8 Å². The Bertz CT molecular complexity index is 1060. The second-order valence-electron chi connectivity index (χ2n) is 6.91. The molecule has 2 amide bonds. The van der Waals surface area contributed by atoms with Gasteiger partial charge < -0.3 is 9.64 Å². The first-order valence-electron chi connectivity index (χ1n) is 9.44. The lowest BCUT2D eigenvalue weighted by atomic mass is 10.1. The van der Waals surface area contributed by atoms with Crippen LogP contribution in [0, 0.1) is 0 Å². The Kier molecular flexibility index (Phi) is 6.38. The highest BCUT2D eigenvalue weighted by molar-refractivity contribution is 9.10. The zero-order valence-electron chi connectivity index (χ0n) is 16.3. The Morgan fingerprint density at radius 1 is 1.07 bits per heavy atom. The molecular formula is C22H19BrN2O3S2. The van der Waals surface area contributed by atoms with Gasteiger partial charge in [-0.1, -0.05) is 70.2 Å². The number of amides is 2. The highest BCUT2D eigenvalue weighted by Gasteiger charge is 2.41. The molecule has 2 aromatic rings. The monoisotopic (exact) mass is 502 g/mol. The number of carbonyl (C=O) groups excluding carboxylic acids is 2. The fourth-order valence-corrected chi connectivity index (χ4v) is 5.30. The lowest BCUT2D eigenvalue weighted by molar-refractivity contribution is -0.122. The zero-order valence-corrected chi connectivity index (χ0v) is 19.5. The van der Waals surface area contributed by atoms with E-state index < -0.39 is 0 Å². The van der Waals surface area contributed by atoms with Crippen molar-refractivity contribution < 1.29 is 14.3 Å². The first-order chi connectivity index (χ1) is 14.5. The van der Waals surface area contributed by atoms with Crippen LogP contribution in [0.3, 0.4) is 0 Å². The predicted molar refractivity (Wildman–Crippen MR) is 127 cm³/mol. The highest BCUT2D eigenvalue weighted by Crippen LogP contribution is 2.45. The molecule has 1 saturated heterocycles. The van der Waals surface area contributed by atoms with E-state index in [1.807, 2.05) is 48.5 Å². The Morgan fingerprint density at radius 2 is 1.83 bits per heavy atom. The number of anilines is 1. The normalized spacial score (nSPS) is 18.5. The van der Waals surface area contributed by atoms with Gasteiger partial charge in [-0.25, -0.2) is 0 Å². The Labute approximate surface area is 193 Å². The lowest BCUT2D eigenvalue weighted by Crippen LogP contribution is -2.30. The van der Waals surface area contributed by atoms with E-state index in [2.05, 4.69) is 15.9 Å². The first-order valence-corrected chi connectivity index (χ1v) is 11.5. The number of carbonyl (C=O) groups is 2. The maximum Gasteiger partial charge on any atom is 0.267 e. The molecule has 154 valence electrons. The number of benzene rings is 2. The van der Waals surface area contributed by atoms with Crippen molar-refractivity contribution in [2.45, 2.75) is 13.0 Å². The van der Waals surface area contributed by atoms with Crippen molar-refractivity contribution in [1.29, 1.82) is 0 Å². The molecule has 0 atom stereocenters. The molecule has 0 N–H and O–H groups in total. The summed E-state index contributed by atoms with van der Waals surface area (Å²) >= 11 is 10.1. The molecule has 1 fully saturated rings. The van der Waals surface area contributed by atoms with Crippen molar-refractivity contribution in [1.82, 2.24) is 4.90 Å². The fraction of sp³-hybridized carbons (Fsp3) is 0.227. The molecule has 0 aliphatic carbocycles. The summed E-state index contributed by atoms with van der Waals surface area (Å²) in [5.74, 6) is -0.388. The third-order valence-electron chi connectivity index (χ3n) is 4.97. The number of thiocarbonyl (C=S) groups is 1. The Morgan fingerprint density at radius 3 is 2.57 bits per heavy atom. The summed E-state index contributed by atoms with van der Waals surface area (Å²) in [6.45, 7) is 1.46. The fourth-order valence-electron chi connectivity index (χ4n) is 3.56. The summed E-state index contributed by atoms with van der Waals surface area (Å²) < 4.78 is 6.41. The van der Waals surface area contributed by atoms with Crippen LogP contribution in [0.25, 0.3) is 5.57 Å². The van der Waals surface area contributed by atoms with Gasteiger partial charge in [-0.05, 0) is 30.2 Å². The molecule has 0 unspecified atom stereocenters. The van der Waals surface area contributed by atoms with Gasteiger partial charge in [-0.15, -0.1) is 0 Å². The molecule has 8 heteroatoms. The van der Waals surface area contributed by atoms with Gasteiger partial charge in [-0.3, -0.25) is 14.5 Å². The van der Waals surface area contributed by atoms with Crippen LogP contribution in [0.1, 0.15) is 17.5 Å². The Balaban J connectivity index is 1.73. The van der Waals surface area contributed by atoms with Gasteiger partial charge in [0.25, 0.3) is 11.8 Å². The number of halogens is 1. The molecule has 0 radical (unpaired) electrons. The molecule has 0 aromatic heterocycles. The number of hydrogen-bond acceptors (Lipinski definition) is 5. The summed E-state index contributed by atoms with van der Waals surface area (Å²) in [5.41, 5.74) is 3.00. The van der Waals surface area contributed by atoms with Crippen molar-refractivity contribution >= 4 is 67.3 Å². The van der Waals surface area contributed by atoms with Gasteiger partial charge in [0.1, 0.15) is 4.32 Å². The van der Waals surface area contributed by atoms with Crippen molar-refractivity contribution in [3.63, 3.8) is 0 Å². The number of fused-ring (bicyclic) bond motifs is 1. The second kappa shape index (κ2) is 9.01. The van der Waals surface area contributed by atoms with Gasteiger partial charge in [-0.2, -0.15) is 0 Å². The van der Waals surface area contributed by atoms with E-state index >= 15 is 0 Å². The summed E-state index contributed by atoms with van der Waals surface area (Å²) in [6.07, 6.45) is 0.682. The predicted octanol–water partition coefficient (Wildman–Crippen LogP) is 4.60. The molecule has 30 heavy (non-hydrogen) atoms. The van der Waals surface area contributed by atoms with E-state index in [1.54, 1.807) is 16.9 Å². The molecule has 2 aliphatic heterocycles. The number of ether oxygens (including phenoxy) is 1. The van der Waals surface area contributed by atoms with Crippen LogP contribution in [0.5, 0.6) is 0 Å². The molecule has 2 aromatic carbocycles. The van der Waals surface area contributed by atoms with Gasteiger partial charge >= 0.3 is 0 Å². The van der Waals surface area contributed by atoms with Gasteiger partial charge in [0, 0.05) is 30.3 Å². The summed E-state index contributed by atoms with van der Waals surface area (Å²) in [6, 6.07) is 15.5. The SMILES string of the molecule is COCCCN1C(=O)C(=C2C(=O)N(Cc3ccccc3)c3ccc(Br)cc32)SC1=S. The van der Waals surface area contributed by atoms with Gasteiger partial charge in [0.15, 0.2) is 0 Å². The van der Waals surface area contributed by atoms with Crippen molar-refractivity contribution in [3.8, 4) is 0 Å². The van der Waals surface area contributed by atoms with Crippen LogP contribution in [0.4, 0.5) is 5.69 Å². The second-order valence-corrected chi connectivity index (χ2v) is 9.47. The maximum atomic E-state index is 13.5. The summed E-state index contributed by atoms with van der Waals surface area (Å²) in [5, 5.41) is 0. The molecule has 0 saturated carbocycles. The number of thioether (sulfide) groups is 1. The van der Waals surface area contributed by atoms with Crippen LogP contribution < -0.4 is 4.90 Å². The van der Waals surface area contributed by atoms with E-state index in [0.29, 0.717) is 40.9 Å². The van der Waals surface area contributed by atoms with Gasteiger partial charge in [0.05, 0.1) is 22.7 Å². The minimum atomic E-state index is -0.211. The molecule has 5 nitrogen and oxygen atoms in total. The summed E-state index contributed by atoms with van der Waals surface area (Å²) in [4.78, 5) is 30.3. The first kappa shape index (κ1) is 21.2. The van der Waals surface area contributed by atoms with Gasteiger partial charge in [0.2, 0.25) is 0 Å². The lowest BCUT2D eigenvalue weighted by Gasteiger charge is -2.17. The highest BCUT2D eigenvalue weighted by atomic mass is 79.9. The van der Waals surface area contributed by atoms with Crippen LogP contribution in [-0.2, 0) is 20.9 Å². The van der Waals surface area contributed by atoms with Crippen LogP contribution in [-0.4, -0.2) is 41.3 Å². The molecule has 2 aliphatic rings. The topological polar surface area (TPSA) is 49.9 Å². The molecule has 0 spiro atoms. The molecule has 4 rings (SSSR count). The number of hydrogen-bond donors (Lipinski definition) is 0. The minimum Gasteiger partial charge on any atom is -0.385 e. The average Bonchev–Trinajstić information content (AvgIpc) is 3.16. The third kappa shape index (κ3) is 3.97. The standard InChI is InChI=1S/C22H19BrN2O3S2/c1-28-11-5-10-24-21(27)19(30-22(24)29)18-16-12-15(23)8-9-17(16)25(20(18)26)13-14-6-3-2-4-7-14/h2-4,6-9,12H,5,10-11,13H2,1H3. The van der Waals surface area contributed by atoms with E-state index in [0.717, 1.165) is 21.3 Å². The smallest absolute Gasteiger partial charge is 0.267 e. The molecule has 2 heterocycles. The van der Waals surface area contributed by atoms with E-state index in [4.69, 9.17) is 17.0 Å². The van der Waals surface area contributed by atoms with Crippen LogP contribution >= 0.6 is 39.9 Å². The maximum absolute atomic E-state index is 13.5. The average molecular weight is 503 g/mol. The van der Waals surface area contributed by atoms with Crippen molar-refractivity contribution in [2.24, 2.45) is 0 Å². The minimum absolute atomic E-state index is 0.177. The molecular weight excluding hydrogens is 484 g/mol. The van der Waals surface area contributed by atoms with E-state index in [9.17, 15) is 9.59 Å². The zero-order chi connectivity index (χ0) is 21.3. The Hall–Kier alpha value is -2.00. The largest absolute Gasteiger partial charge is 0.385 e. The van der Waals surface area contributed by atoms with E-state index in [-0.39, 0.29) is 11.8 Å². The van der Waals surface area contributed by atoms with Crippen LogP contribution in [0.2, 0.25) is 0 Å². The third-order valence-corrected chi connectivity index (χ3v) is 6.91.